The van der Waals surface area contributed by atoms with Crippen LogP contribution in [0.5, 0.6) is 0 Å². The van der Waals surface area contributed by atoms with E-state index in [4.69, 9.17) is 4.42 Å². The number of rotatable bonds is 1. The Morgan fingerprint density at radius 1 is 1.14 bits per heavy atom. The van der Waals surface area contributed by atoms with E-state index in [1.165, 1.54) is 6.42 Å². The fourth-order valence-corrected chi connectivity index (χ4v) is 3.17. The maximum atomic E-state index is 5.17. The van der Waals surface area contributed by atoms with E-state index in [0.29, 0.717) is 23.5 Å². The van der Waals surface area contributed by atoms with Gasteiger partial charge in [-0.3, -0.25) is 4.90 Å². The van der Waals surface area contributed by atoms with Gasteiger partial charge in [-0.1, -0.05) is 0 Å². The second-order valence-electron chi connectivity index (χ2n) is 5.64. The zero-order chi connectivity index (χ0) is 14.2. The first-order valence-electron chi connectivity index (χ1n) is 7.16. The number of nitrogens with zero attached hydrogens (tertiary/aromatic N) is 4. The fraction of sp³-hybridized carbons (Fsp3) is 0.375. The molecule has 0 radical (unpaired) electrons. The average molecular weight is 280 g/mol. The Morgan fingerprint density at radius 2 is 2.10 bits per heavy atom. The molecule has 2 saturated heterocycles. The van der Waals surface area contributed by atoms with Crippen molar-refractivity contribution in [1.29, 1.82) is 0 Å². The summed E-state index contributed by atoms with van der Waals surface area (Å²) in [4.78, 5) is 4.79. The molecule has 2 aromatic rings. The van der Waals surface area contributed by atoms with Gasteiger partial charge in [-0.2, -0.15) is 0 Å². The van der Waals surface area contributed by atoms with Crippen LogP contribution in [0.2, 0.25) is 0 Å². The molecule has 4 rings (SSSR count). The Labute approximate surface area is 123 Å². The number of hydrogen-bond donors (Lipinski definition) is 0. The fourth-order valence-electron chi connectivity index (χ4n) is 3.17. The molecule has 21 heavy (non-hydrogen) atoms. The van der Waals surface area contributed by atoms with Crippen molar-refractivity contribution in [2.24, 2.45) is 0 Å². The summed E-state index contributed by atoms with van der Waals surface area (Å²) in [6.45, 7) is 2.17. The van der Waals surface area contributed by atoms with Crippen LogP contribution in [0, 0.1) is 11.8 Å². The van der Waals surface area contributed by atoms with Crippen LogP contribution in [-0.2, 0) is 0 Å². The molecule has 2 aromatic heterocycles. The Kier molecular flexibility index (Phi) is 2.90. The normalized spacial score (nSPS) is 24.1. The Morgan fingerprint density at radius 3 is 2.71 bits per heavy atom. The molecule has 0 spiro atoms. The van der Waals surface area contributed by atoms with Gasteiger partial charge in [0.2, 0.25) is 0 Å². The molecule has 2 aliphatic rings. The molecule has 5 nitrogen and oxygen atoms in total. The lowest BCUT2D eigenvalue weighted by Gasteiger charge is -2.32. The van der Waals surface area contributed by atoms with Crippen LogP contribution in [0.1, 0.15) is 17.9 Å². The third-order valence-electron chi connectivity index (χ3n) is 4.29. The number of piperazine rings is 1. The maximum Gasteiger partial charge on any atom is 0.177 e. The largest absolute Gasteiger partial charge is 0.456 e. The van der Waals surface area contributed by atoms with Crippen molar-refractivity contribution in [3.05, 3.63) is 42.0 Å². The number of hydrogen-bond acceptors (Lipinski definition) is 5. The van der Waals surface area contributed by atoms with E-state index in [0.717, 1.165) is 18.9 Å². The topological polar surface area (TPSA) is 45.4 Å². The van der Waals surface area contributed by atoms with Gasteiger partial charge in [0.15, 0.2) is 11.6 Å². The van der Waals surface area contributed by atoms with Gasteiger partial charge in [0.05, 0.1) is 6.26 Å². The number of anilines is 1. The van der Waals surface area contributed by atoms with Crippen molar-refractivity contribution < 1.29 is 4.42 Å². The number of likely N-dealkylation sites (N-methyl/N-ethyl adjacent to an activating group) is 1. The zero-order valence-electron chi connectivity index (χ0n) is 11.9. The van der Waals surface area contributed by atoms with Crippen molar-refractivity contribution >= 4 is 5.82 Å². The smallest absolute Gasteiger partial charge is 0.177 e. The lowest BCUT2D eigenvalue weighted by atomic mass is 10.2. The second kappa shape index (κ2) is 4.90. The molecule has 4 heterocycles. The van der Waals surface area contributed by atoms with Gasteiger partial charge in [-0.05, 0) is 49.6 Å². The van der Waals surface area contributed by atoms with Gasteiger partial charge >= 0.3 is 0 Å². The molecule has 0 amide bonds. The van der Waals surface area contributed by atoms with Crippen molar-refractivity contribution in [2.75, 3.05) is 25.0 Å². The molecule has 2 bridgehead atoms. The summed E-state index contributed by atoms with van der Waals surface area (Å²) >= 11 is 0. The minimum absolute atomic E-state index is 0.578. The summed E-state index contributed by atoms with van der Waals surface area (Å²) in [6.07, 6.45) is 2.84. The van der Waals surface area contributed by atoms with Gasteiger partial charge in [-0.25, -0.2) is 0 Å². The maximum absolute atomic E-state index is 5.17. The summed E-state index contributed by atoms with van der Waals surface area (Å²) < 4.78 is 5.17. The van der Waals surface area contributed by atoms with Crippen LogP contribution < -0.4 is 4.90 Å². The van der Waals surface area contributed by atoms with E-state index in [1.54, 1.807) is 6.26 Å². The molecule has 2 fully saturated rings. The second-order valence-corrected chi connectivity index (χ2v) is 5.64. The summed E-state index contributed by atoms with van der Waals surface area (Å²) in [5.74, 6) is 7.48. The van der Waals surface area contributed by atoms with E-state index in [2.05, 4.69) is 38.9 Å². The standard InChI is InChI=1S/C16H16N4O/c1-19-10-14-9-13(19)11-20(14)16-7-5-12(17-18-16)4-6-15-3-2-8-21-15/h2-3,5,7-8,13-14H,9-11H2,1H3/t13-,14-/m0/s1. The summed E-state index contributed by atoms with van der Waals surface area (Å²) in [7, 11) is 2.20. The van der Waals surface area contributed by atoms with E-state index in [-0.39, 0.29) is 0 Å². The summed E-state index contributed by atoms with van der Waals surface area (Å²) in [5, 5.41) is 8.53. The molecule has 0 aliphatic carbocycles. The van der Waals surface area contributed by atoms with Crippen molar-refractivity contribution in [3.63, 3.8) is 0 Å². The van der Waals surface area contributed by atoms with Crippen LogP contribution in [0.4, 0.5) is 5.82 Å². The first-order valence-corrected chi connectivity index (χ1v) is 7.16. The Balaban J connectivity index is 1.50. The third-order valence-corrected chi connectivity index (χ3v) is 4.29. The van der Waals surface area contributed by atoms with Gasteiger partial charge in [0.25, 0.3) is 0 Å². The predicted molar refractivity (Wildman–Crippen MR) is 78.9 cm³/mol. The SMILES string of the molecule is CN1C[C@@H]2C[C@H]1CN2c1ccc(C#Cc2ccco2)nn1. The number of likely N-dealkylation sites (tertiary alicyclic amines) is 1. The molecule has 0 aromatic carbocycles. The highest BCUT2D eigenvalue weighted by molar-refractivity contribution is 5.45. The van der Waals surface area contributed by atoms with Gasteiger partial charge in [0.1, 0.15) is 5.69 Å². The molecule has 5 heteroatoms. The van der Waals surface area contributed by atoms with E-state index in [9.17, 15) is 0 Å². The van der Waals surface area contributed by atoms with E-state index >= 15 is 0 Å². The minimum Gasteiger partial charge on any atom is -0.456 e. The highest BCUT2D eigenvalue weighted by atomic mass is 16.3. The monoisotopic (exact) mass is 280 g/mol. The van der Waals surface area contributed by atoms with Crippen LogP contribution in [0.15, 0.2) is 34.9 Å². The van der Waals surface area contributed by atoms with Gasteiger partial charge < -0.3 is 9.32 Å². The molecular formula is C16H16N4O. The molecular weight excluding hydrogens is 264 g/mol. The van der Waals surface area contributed by atoms with Gasteiger partial charge in [0, 0.05) is 25.2 Å². The Hall–Kier alpha value is -2.32. The molecule has 106 valence electrons. The Bertz CT molecular complexity index is 681. The third kappa shape index (κ3) is 2.28. The van der Waals surface area contributed by atoms with E-state index in [1.807, 2.05) is 24.3 Å². The number of furan rings is 1. The lowest BCUT2D eigenvalue weighted by molar-refractivity contribution is 0.292. The number of aromatic nitrogens is 2. The molecule has 0 N–H and O–H groups in total. The van der Waals surface area contributed by atoms with E-state index < -0.39 is 0 Å². The minimum atomic E-state index is 0.578. The first-order chi connectivity index (χ1) is 10.3. The molecule has 2 aliphatic heterocycles. The molecule has 0 unspecified atom stereocenters. The van der Waals surface area contributed by atoms with Crippen molar-refractivity contribution in [3.8, 4) is 11.8 Å². The zero-order valence-corrected chi connectivity index (χ0v) is 11.9. The predicted octanol–water partition coefficient (Wildman–Crippen LogP) is 1.36. The van der Waals surface area contributed by atoms with Crippen LogP contribution in [-0.4, -0.2) is 47.3 Å². The number of fused-ring (bicyclic) bond motifs is 2. The summed E-state index contributed by atoms with van der Waals surface area (Å²) in [5.41, 5.74) is 0.664. The first kappa shape index (κ1) is 12.4. The van der Waals surface area contributed by atoms with Crippen molar-refractivity contribution in [2.45, 2.75) is 18.5 Å². The molecule has 2 atom stereocenters. The highest BCUT2D eigenvalue weighted by Gasteiger charge is 2.41. The van der Waals surface area contributed by atoms with Crippen LogP contribution >= 0.6 is 0 Å². The highest BCUT2D eigenvalue weighted by Crippen LogP contribution is 2.32. The van der Waals surface area contributed by atoms with Gasteiger partial charge in [-0.15, -0.1) is 10.2 Å². The van der Waals surface area contributed by atoms with Crippen LogP contribution in [0.3, 0.4) is 0 Å². The van der Waals surface area contributed by atoms with Crippen LogP contribution in [0.25, 0.3) is 0 Å². The summed E-state index contributed by atoms with van der Waals surface area (Å²) in [6, 6.07) is 8.82. The van der Waals surface area contributed by atoms with Crippen molar-refractivity contribution in [1.82, 2.24) is 15.1 Å². The lowest BCUT2D eigenvalue weighted by Crippen LogP contribution is -2.44. The average Bonchev–Trinajstić information content (AvgIpc) is 3.22. The molecule has 0 saturated carbocycles. The quantitative estimate of drug-likeness (QED) is 0.738.